The van der Waals surface area contributed by atoms with E-state index in [1.54, 1.807) is 0 Å². The van der Waals surface area contributed by atoms with Gasteiger partial charge in [0.05, 0.1) is 10.5 Å². The summed E-state index contributed by atoms with van der Waals surface area (Å²) in [5.74, 6) is 0. The van der Waals surface area contributed by atoms with Crippen molar-refractivity contribution < 1.29 is 21.6 Å². The van der Waals surface area contributed by atoms with E-state index in [9.17, 15) is 21.6 Å². The molecule has 0 saturated carbocycles. The second-order valence-electron chi connectivity index (χ2n) is 4.11. The first-order valence-corrected chi connectivity index (χ1v) is 7.51. The minimum Gasteiger partial charge on any atom is -0.280 e. The van der Waals surface area contributed by atoms with Crippen molar-refractivity contribution in [2.24, 2.45) is 0 Å². The molecule has 0 bridgehead atoms. The SMILES string of the molecule is O=S(=O)(Nc1ccc(Cl)cc1)c1ccccc1C(F)(F)F. The van der Waals surface area contributed by atoms with E-state index in [2.05, 4.69) is 4.72 Å². The average molecular weight is 336 g/mol. The second-order valence-corrected chi connectivity index (χ2v) is 6.19. The number of rotatable bonds is 3. The number of halogens is 4. The molecule has 0 saturated heterocycles. The van der Waals surface area contributed by atoms with Crippen molar-refractivity contribution in [3.8, 4) is 0 Å². The molecule has 2 rings (SSSR count). The van der Waals surface area contributed by atoms with Gasteiger partial charge in [-0.05, 0) is 36.4 Å². The van der Waals surface area contributed by atoms with Crippen LogP contribution in [0.15, 0.2) is 53.4 Å². The van der Waals surface area contributed by atoms with Crippen molar-refractivity contribution in [2.45, 2.75) is 11.1 Å². The van der Waals surface area contributed by atoms with Crippen LogP contribution in [0, 0.1) is 0 Å². The minimum atomic E-state index is -4.76. The van der Waals surface area contributed by atoms with Gasteiger partial charge >= 0.3 is 6.18 Å². The van der Waals surface area contributed by atoms with Crippen LogP contribution in [0.2, 0.25) is 5.02 Å². The molecule has 0 aliphatic heterocycles. The van der Waals surface area contributed by atoms with Crippen molar-refractivity contribution in [3.63, 3.8) is 0 Å². The molecule has 0 aliphatic rings. The lowest BCUT2D eigenvalue weighted by Crippen LogP contribution is -2.18. The van der Waals surface area contributed by atoms with Gasteiger partial charge in [0.1, 0.15) is 0 Å². The van der Waals surface area contributed by atoms with Crippen LogP contribution in [0.25, 0.3) is 0 Å². The Morgan fingerprint density at radius 2 is 1.52 bits per heavy atom. The molecule has 0 aromatic heterocycles. The normalized spacial score (nSPS) is 12.2. The van der Waals surface area contributed by atoms with E-state index in [1.807, 2.05) is 0 Å². The first kappa shape index (κ1) is 15.7. The molecule has 0 heterocycles. The summed E-state index contributed by atoms with van der Waals surface area (Å²) in [5.41, 5.74) is -1.09. The third-order valence-corrected chi connectivity index (χ3v) is 4.27. The molecule has 0 atom stereocenters. The summed E-state index contributed by atoms with van der Waals surface area (Å²) in [4.78, 5) is -0.826. The smallest absolute Gasteiger partial charge is 0.280 e. The molecule has 21 heavy (non-hydrogen) atoms. The van der Waals surface area contributed by atoms with Gasteiger partial charge in [-0.25, -0.2) is 8.42 Å². The number of anilines is 1. The lowest BCUT2D eigenvalue weighted by atomic mass is 10.2. The molecular formula is C13H9ClF3NO2S. The van der Waals surface area contributed by atoms with Crippen molar-refractivity contribution in [2.75, 3.05) is 4.72 Å². The Morgan fingerprint density at radius 3 is 2.10 bits per heavy atom. The molecule has 0 aliphatic carbocycles. The number of benzene rings is 2. The highest BCUT2D eigenvalue weighted by atomic mass is 35.5. The molecule has 112 valence electrons. The second kappa shape index (κ2) is 5.57. The summed E-state index contributed by atoms with van der Waals surface area (Å²) in [6, 6.07) is 9.55. The standard InChI is InChI=1S/C13H9ClF3NO2S/c14-9-5-7-10(8-6-9)18-21(19,20)12-4-2-1-3-11(12)13(15,16)17/h1-8,18H. The van der Waals surface area contributed by atoms with E-state index in [0.29, 0.717) is 5.02 Å². The molecule has 0 unspecified atom stereocenters. The van der Waals surface area contributed by atoms with Crippen LogP contribution in [0.4, 0.5) is 18.9 Å². The zero-order valence-corrected chi connectivity index (χ0v) is 11.9. The highest BCUT2D eigenvalue weighted by molar-refractivity contribution is 7.92. The van der Waals surface area contributed by atoms with Crippen LogP contribution in [0.1, 0.15) is 5.56 Å². The van der Waals surface area contributed by atoms with Gasteiger partial charge in [0.25, 0.3) is 10.0 Å². The van der Waals surface area contributed by atoms with Crippen molar-refractivity contribution in [3.05, 3.63) is 59.1 Å². The number of alkyl halides is 3. The summed E-state index contributed by atoms with van der Waals surface area (Å²) >= 11 is 5.66. The average Bonchev–Trinajstić information content (AvgIpc) is 2.40. The Morgan fingerprint density at radius 1 is 0.952 bits per heavy atom. The monoisotopic (exact) mass is 335 g/mol. The zero-order valence-electron chi connectivity index (χ0n) is 10.4. The van der Waals surface area contributed by atoms with E-state index >= 15 is 0 Å². The number of hydrogen-bond acceptors (Lipinski definition) is 2. The Labute approximate surface area is 124 Å². The third kappa shape index (κ3) is 3.68. The van der Waals surface area contributed by atoms with Gasteiger partial charge in [-0.15, -0.1) is 0 Å². The van der Waals surface area contributed by atoms with Gasteiger partial charge in [-0.2, -0.15) is 13.2 Å². The Hall–Kier alpha value is -1.73. The maximum atomic E-state index is 12.9. The van der Waals surface area contributed by atoms with Crippen LogP contribution in [0.5, 0.6) is 0 Å². The zero-order chi connectivity index (χ0) is 15.7. The van der Waals surface area contributed by atoms with E-state index in [0.717, 1.165) is 18.2 Å². The number of nitrogens with one attached hydrogen (secondary N) is 1. The quantitative estimate of drug-likeness (QED) is 0.915. The predicted molar refractivity (Wildman–Crippen MR) is 73.7 cm³/mol. The first-order chi connectivity index (χ1) is 9.70. The van der Waals surface area contributed by atoms with E-state index < -0.39 is 26.7 Å². The predicted octanol–water partition coefficient (Wildman–Crippen LogP) is 4.16. The minimum absolute atomic E-state index is 0.122. The van der Waals surface area contributed by atoms with E-state index in [4.69, 9.17) is 11.6 Å². The molecule has 2 aromatic rings. The maximum absolute atomic E-state index is 12.9. The van der Waals surface area contributed by atoms with Crippen molar-refractivity contribution in [1.29, 1.82) is 0 Å². The Balaban J connectivity index is 2.43. The molecule has 0 fully saturated rings. The first-order valence-electron chi connectivity index (χ1n) is 5.65. The molecule has 2 aromatic carbocycles. The highest BCUT2D eigenvalue weighted by Gasteiger charge is 2.36. The fraction of sp³-hybridized carbons (Fsp3) is 0.0769. The van der Waals surface area contributed by atoms with Crippen LogP contribution in [0.3, 0.4) is 0 Å². The molecule has 1 N–H and O–H groups in total. The fourth-order valence-electron chi connectivity index (χ4n) is 1.66. The summed E-state index contributed by atoms with van der Waals surface area (Å²) in [7, 11) is -4.35. The third-order valence-electron chi connectivity index (χ3n) is 2.58. The number of sulfonamides is 1. The van der Waals surface area contributed by atoms with Gasteiger partial charge in [0.15, 0.2) is 0 Å². The molecule has 8 heteroatoms. The topological polar surface area (TPSA) is 46.2 Å². The van der Waals surface area contributed by atoms with Gasteiger partial charge < -0.3 is 0 Å². The van der Waals surface area contributed by atoms with E-state index in [-0.39, 0.29) is 5.69 Å². The maximum Gasteiger partial charge on any atom is 0.417 e. The van der Waals surface area contributed by atoms with Crippen LogP contribution >= 0.6 is 11.6 Å². The van der Waals surface area contributed by atoms with Crippen molar-refractivity contribution >= 4 is 27.3 Å². The summed E-state index contributed by atoms with van der Waals surface area (Å²) < 4.78 is 64.9. The molecule has 0 amide bonds. The van der Waals surface area contributed by atoms with Crippen LogP contribution in [-0.2, 0) is 16.2 Å². The number of hydrogen-bond donors (Lipinski definition) is 1. The van der Waals surface area contributed by atoms with Crippen molar-refractivity contribution in [1.82, 2.24) is 0 Å². The molecule has 3 nitrogen and oxygen atoms in total. The molecular weight excluding hydrogens is 327 g/mol. The summed E-state index contributed by atoms with van der Waals surface area (Å²) in [5, 5.41) is 0.383. The van der Waals surface area contributed by atoms with Gasteiger partial charge in [0.2, 0.25) is 0 Å². The lowest BCUT2D eigenvalue weighted by molar-refractivity contribution is -0.139. The van der Waals surface area contributed by atoms with E-state index in [1.165, 1.54) is 30.3 Å². The van der Waals surface area contributed by atoms with Crippen LogP contribution in [-0.4, -0.2) is 8.42 Å². The fourth-order valence-corrected chi connectivity index (χ4v) is 3.08. The molecule has 0 radical (unpaired) electrons. The Kier molecular flexibility index (Phi) is 4.15. The molecule has 0 spiro atoms. The lowest BCUT2D eigenvalue weighted by Gasteiger charge is -2.14. The van der Waals surface area contributed by atoms with Gasteiger partial charge in [-0.1, -0.05) is 23.7 Å². The van der Waals surface area contributed by atoms with Gasteiger partial charge in [0, 0.05) is 10.7 Å². The highest BCUT2D eigenvalue weighted by Crippen LogP contribution is 2.34. The summed E-state index contributed by atoms with van der Waals surface area (Å²) in [6.07, 6.45) is -4.76. The van der Waals surface area contributed by atoms with Crippen LogP contribution < -0.4 is 4.72 Å². The largest absolute Gasteiger partial charge is 0.417 e. The van der Waals surface area contributed by atoms with Gasteiger partial charge in [-0.3, -0.25) is 4.72 Å². The Bertz CT molecular complexity index is 743. The summed E-state index contributed by atoms with van der Waals surface area (Å²) in [6.45, 7) is 0.